The fourth-order valence-electron chi connectivity index (χ4n) is 2.32. The number of ether oxygens (including phenoxy) is 1. The summed E-state index contributed by atoms with van der Waals surface area (Å²) in [6.45, 7) is 3.78. The van der Waals surface area contributed by atoms with E-state index in [0.29, 0.717) is 23.7 Å². The third-order valence-corrected chi connectivity index (χ3v) is 4.89. The molecule has 0 bridgehead atoms. The summed E-state index contributed by atoms with van der Waals surface area (Å²) in [7, 11) is -3.68. The lowest BCUT2D eigenvalue weighted by Crippen LogP contribution is -2.32. The van der Waals surface area contributed by atoms with Crippen LogP contribution in [0.3, 0.4) is 0 Å². The summed E-state index contributed by atoms with van der Waals surface area (Å²) in [5.41, 5.74) is 0.317. The Hall–Kier alpha value is -0.890. The molecule has 0 saturated carbocycles. The van der Waals surface area contributed by atoms with Gasteiger partial charge in [-0.3, -0.25) is 0 Å². The molecule has 2 heterocycles. The maximum atomic E-state index is 12.3. The SMILES string of the molecule is Cc1oc(C)c(S(=O)(=O)NCC2CCCO2)c1CO. The second-order valence-electron chi connectivity index (χ2n) is 4.67. The van der Waals surface area contributed by atoms with Gasteiger partial charge in [0, 0.05) is 18.7 Å². The van der Waals surface area contributed by atoms with Crippen molar-refractivity contribution >= 4 is 10.0 Å². The van der Waals surface area contributed by atoms with Gasteiger partial charge in [0.1, 0.15) is 16.4 Å². The lowest BCUT2D eigenvalue weighted by Gasteiger charge is -2.11. The average molecular weight is 289 g/mol. The minimum Gasteiger partial charge on any atom is -0.465 e. The first kappa shape index (κ1) is 14.5. The maximum Gasteiger partial charge on any atom is 0.244 e. The van der Waals surface area contributed by atoms with Crippen LogP contribution in [-0.4, -0.2) is 32.8 Å². The van der Waals surface area contributed by atoms with E-state index in [2.05, 4.69) is 4.72 Å². The van der Waals surface area contributed by atoms with E-state index in [4.69, 9.17) is 9.15 Å². The largest absolute Gasteiger partial charge is 0.465 e. The fraction of sp³-hybridized carbons (Fsp3) is 0.667. The summed E-state index contributed by atoms with van der Waals surface area (Å²) >= 11 is 0. The second-order valence-corrected chi connectivity index (χ2v) is 6.37. The van der Waals surface area contributed by atoms with Crippen molar-refractivity contribution in [2.75, 3.05) is 13.2 Å². The Balaban J connectivity index is 2.19. The zero-order valence-electron chi connectivity index (χ0n) is 11.1. The third-order valence-electron chi connectivity index (χ3n) is 3.28. The molecule has 2 N–H and O–H groups in total. The van der Waals surface area contributed by atoms with Gasteiger partial charge in [0.05, 0.1) is 12.7 Å². The van der Waals surface area contributed by atoms with Crippen molar-refractivity contribution in [2.45, 2.75) is 44.3 Å². The first-order chi connectivity index (χ1) is 8.95. The number of hydrogen-bond acceptors (Lipinski definition) is 5. The highest BCUT2D eigenvalue weighted by Gasteiger charge is 2.27. The number of nitrogens with one attached hydrogen (secondary N) is 1. The summed E-state index contributed by atoms with van der Waals surface area (Å²) in [4.78, 5) is 0.0468. The van der Waals surface area contributed by atoms with Crippen LogP contribution in [0.15, 0.2) is 9.31 Å². The van der Waals surface area contributed by atoms with Gasteiger partial charge in [-0.2, -0.15) is 0 Å². The van der Waals surface area contributed by atoms with Gasteiger partial charge in [0.2, 0.25) is 10.0 Å². The molecule has 2 rings (SSSR count). The summed E-state index contributed by atoms with van der Waals surface area (Å²) in [5.74, 6) is 0.721. The van der Waals surface area contributed by atoms with E-state index in [-0.39, 0.29) is 24.2 Å². The molecular formula is C12H19NO5S. The molecule has 1 aromatic rings. The molecular weight excluding hydrogens is 270 g/mol. The Morgan fingerprint density at radius 2 is 2.11 bits per heavy atom. The molecule has 0 spiro atoms. The number of aliphatic hydroxyl groups excluding tert-OH is 1. The van der Waals surface area contributed by atoms with E-state index in [0.717, 1.165) is 12.8 Å². The van der Waals surface area contributed by atoms with Gasteiger partial charge in [0.15, 0.2) is 0 Å². The van der Waals surface area contributed by atoms with Gasteiger partial charge < -0.3 is 14.3 Å². The van der Waals surface area contributed by atoms with Gasteiger partial charge in [0.25, 0.3) is 0 Å². The van der Waals surface area contributed by atoms with Crippen LogP contribution in [0.25, 0.3) is 0 Å². The molecule has 0 aliphatic carbocycles. The van der Waals surface area contributed by atoms with Crippen molar-refractivity contribution in [3.63, 3.8) is 0 Å². The Morgan fingerprint density at radius 3 is 2.68 bits per heavy atom. The number of aryl methyl sites for hydroxylation is 2. The average Bonchev–Trinajstić information content (AvgIpc) is 2.94. The lowest BCUT2D eigenvalue weighted by molar-refractivity contribution is 0.114. The number of hydrogen-bond donors (Lipinski definition) is 2. The number of furan rings is 1. The van der Waals surface area contributed by atoms with Crippen LogP contribution in [0, 0.1) is 13.8 Å². The first-order valence-corrected chi connectivity index (χ1v) is 7.75. The minimum absolute atomic E-state index is 0.0468. The topological polar surface area (TPSA) is 88.8 Å². The third kappa shape index (κ3) is 3.00. The quantitative estimate of drug-likeness (QED) is 0.838. The zero-order valence-corrected chi connectivity index (χ0v) is 11.9. The van der Waals surface area contributed by atoms with E-state index in [9.17, 15) is 13.5 Å². The van der Waals surface area contributed by atoms with Crippen LogP contribution in [-0.2, 0) is 21.4 Å². The molecule has 1 aliphatic heterocycles. The predicted octanol–water partition coefficient (Wildman–Crippen LogP) is 0.846. The molecule has 6 nitrogen and oxygen atoms in total. The highest BCUT2D eigenvalue weighted by Crippen LogP contribution is 2.26. The van der Waals surface area contributed by atoms with E-state index in [1.165, 1.54) is 0 Å². The van der Waals surface area contributed by atoms with Gasteiger partial charge >= 0.3 is 0 Å². The molecule has 1 saturated heterocycles. The van der Waals surface area contributed by atoms with E-state index in [1.54, 1.807) is 13.8 Å². The van der Waals surface area contributed by atoms with Crippen molar-refractivity contribution in [1.29, 1.82) is 0 Å². The van der Waals surface area contributed by atoms with Gasteiger partial charge in [-0.25, -0.2) is 13.1 Å². The summed E-state index contributed by atoms with van der Waals surface area (Å²) in [6, 6.07) is 0. The monoisotopic (exact) mass is 289 g/mol. The Bertz CT molecular complexity index is 543. The molecule has 1 atom stereocenters. The van der Waals surface area contributed by atoms with E-state index >= 15 is 0 Å². The van der Waals surface area contributed by atoms with Gasteiger partial charge in [-0.1, -0.05) is 0 Å². The number of sulfonamides is 1. The van der Waals surface area contributed by atoms with E-state index < -0.39 is 10.0 Å². The van der Waals surface area contributed by atoms with Crippen LogP contribution in [0.2, 0.25) is 0 Å². The Kier molecular flexibility index (Phi) is 4.29. The Morgan fingerprint density at radius 1 is 1.37 bits per heavy atom. The molecule has 1 aliphatic rings. The van der Waals surface area contributed by atoms with E-state index in [1.807, 2.05) is 0 Å². The first-order valence-electron chi connectivity index (χ1n) is 6.26. The summed E-state index contributed by atoms with van der Waals surface area (Å²) in [5, 5.41) is 9.28. The minimum atomic E-state index is -3.68. The summed E-state index contributed by atoms with van der Waals surface area (Å²) < 4.78 is 37.7. The van der Waals surface area contributed by atoms with Gasteiger partial charge in [-0.05, 0) is 26.7 Å². The molecule has 1 unspecified atom stereocenters. The molecule has 7 heteroatoms. The fourth-order valence-corrected chi connectivity index (χ4v) is 3.83. The zero-order chi connectivity index (χ0) is 14.0. The van der Waals surface area contributed by atoms with Crippen LogP contribution >= 0.6 is 0 Å². The van der Waals surface area contributed by atoms with Crippen molar-refractivity contribution in [3.8, 4) is 0 Å². The smallest absolute Gasteiger partial charge is 0.244 e. The van der Waals surface area contributed by atoms with Crippen molar-refractivity contribution in [3.05, 3.63) is 17.1 Å². The highest BCUT2D eigenvalue weighted by molar-refractivity contribution is 7.89. The molecule has 0 amide bonds. The van der Waals surface area contributed by atoms with Crippen molar-refractivity contribution in [2.24, 2.45) is 0 Å². The van der Waals surface area contributed by atoms with Crippen molar-refractivity contribution in [1.82, 2.24) is 4.72 Å². The van der Waals surface area contributed by atoms with Crippen molar-refractivity contribution < 1.29 is 22.7 Å². The van der Waals surface area contributed by atoms with Crippen LogP contribution in [0.4, 0.5) is 0 Å². The second kappa shape index (κ2) is 5.62. The molecule has 0 radical (unpaired) electrons. The predicted molar refractivity (Wildman–Crippen MR) is 68.3 cm³/mol. The number of rotatable bonds is 5. The molecule has 1 fully saturated rings. The molecule has 0 aromatic carbocycles. The molecule has 108 valence electrons. The van der Waals surface area contributed by atoms with Gasteiger partial charge in [-0.15, -0.1) is 0 Å². The Labute approximate surface area is 112 Å². The standard InChI is InChI=1S/C12H19NO5S/c1-8-11(7-14)12(9(2)18-8)19(15,16)13-6-10-4-3-5-17-10/h10,13-14H,3-7H2,1-2H3. The van der Waals surface area contributed by atoms with Crippen LogP contribution in [0.1, 0.15) is 29.9 Å². The summed E-state index contributed by atoms with van der Waals surface area (Å²) in [6.07, 6.45) is 1.75. The highest BCUT2D eigenvalue weighted by atomic mass is 32.2. The van der Waals surface area contributed by atoms with Crippen LogP contribution in [0.5, 0.6) is 0 Å². The normalized spacial score (nSPS) is 20.1. The van der Waals surface area contributed by atoms with Crippen LogP contribution < -0.4 is 4.72 Å². The molecule has 19 heavy (non-hydrogen) atoms. The maximum absolute atomic E-state index is 12.3. The lowest BCUT2D eigenvalue weighted by atomic mass is 10.2. The number of aliphatic hydroxyl groups is 1. The molecule has 1 aromatic heterocycles.